The van der Waals surface area contributed by atoms with Gasteiger partial charge in [0, 0.05) is 23.7 Å². The summed E-state index contributed by atoms with van der Waals surface area (Å²) in [6.07, 6.45) is -0.559. The van der Waals surface area contributed by atoms with Crippen molar-refractivity contribution in [3.8, 4) is 0 Å². The second-order valence-corrected chi connectivity index (χ2v) is 4.49. The lowest BCUT2D eigenvalue weighted by Gasteiger charge is -2.29. The molecule has 0 bridgehead atoms. The van der Waals surface area contributed by atoms with Crippen LogP contribution in [0.4, 0.5) is 8.78 Å². The lowest BCUT2D eigenvalue weighted by atomic mass is 9.98. The first kappa shape index (κ1) is 13.1. The molecular weight excluding hydrogens is 212 g/mol. The van der Waals surface area contributed by atoms with E-state index in [-0.39, 0.29) is 6.54 Å². The molecule has 0 heterocycles. The molecule has 0 radical (unpaired) electrons. The molecule has 1 aromatic carbocycles. The van der Waals surface area contributed by atoms with Crippen LogP contribution in [0.25, 0.3) is 0 Å². The third-order valence-corrected chi connectivity index (χ3v) is 2.79. The molecule has 0 spiro atoms. The Labute approximate surface area is 94.3 Å². The predicted molar refractivity (Wildman–Crippen MR) is 59.0 cm³/mol. The summed E-state index contributed by atoms with van der Waals surface area (Å²) in [5, 5.41) is 12.5. The number of halogens is 2. The second-order valence-electron chi connectivity index (χ2n) is 4.49. The van der Waals surface area contributed by atoms with Crippen molar-refractivity contribution in [3.05, 3.63) is 35.4 Å². The molecule has 0 fully saturated rings. The van der Waals surface area contributed by atoms with Gasteiger partial charge in [-0.2, -0.15) is 0 Å². The number of nitrogens with one attached hydrogen (secondary N) is 1. The molecule has 0 saturated heterocycles. The van der Waals surface area contributed by atoms with Gasteiger partial charge in [0.15, 0.2) is 0 Å². The third-order valence-electron chi connectivity index (χ3n) is 2.79. The van der Waals surface area contributed by atoms with Crippen LogP contribution in [-0.2, 0) is 6.54 Å². The Morgan fingerprint density at radius 1 is 1.38 bits per heavy atom. The maximum atomic E-state index is 13.3. The van der Waals surface area contributed by atoms with Crippen molar-refractivity contribution < 1.29 is 13.9 Å². The molecule has 0 aliphatic carbocycles. The molecule has 4 heteroatoms. The molecule has 1 atom stereocenters. The number of aliphatic hydroxyl groups is 1. The monoisotopic (exact) mass is 229 g/mol. The first-order valence-corrected chi connectivity index (χ1v) is 5.20. The van der Waals surface area contributed by atoms with Crippen LogP contribution < -0.4 is 5.32 Å². The van der Waals surface area contributed by atoms with Gasteiger partial charge in [0.2, 0.25) is 0 Å². The fourth-order valence-electron chi connectivity index (χ4n) is 1.14. The molecular formula is C12H17F2NO. The summed E-state index contributed by atoms with van der Waals surface area (Å²) in [7, 11) is 0. The molecule has 2 nitrogen and oxygen atoms in total. The van der Waals surface area contributed by atoms with Crippen molar-refractivity contribution in [1.29, 1.82) is 0 Å². The Hall–Kier alpha value is -1.00. The van der Waals surface area contributed by atoms with E-state index in [0.29, 0.717) is 5.56 Å². The summed E-state index contributed by atoms with van der Waals surface area (Å²) in [5.41, 5.74) is -0.129. The van der Waals surface area contributed by atoms with Gasteiger partial charge >= 0.3 is 0 Å². The predicted octanol–water partition coefficient (Wildman–Crippen LogP) is 2.21. The average Bonchev–Trinajstić information content (AvgIpc) is 2.16. The van der Waals surface area contributed by atoms with Crippen LogP contribution in [0.5, 0.6) is 0 Å². The number of hydrogen-bond donors (Lipinski definition) is 2. The van der Waals surface area contributed by atoms with E-state index in [9.17, 15) is 13.9 Å². The number of hydrogen-bond acceptors (Lipinski definition) is 2. The number of aliphatic hydroxyl groups excluding tert-OH is 1. The van der Waals surface area contributed by atoms with E-state index in [4.69, 9.17) is 0 Å². The maximum Gasteiger partial charge on any atom is 0.130 e. The molecule has 0 amide bonds. The third kappa shape index (κ3) is 3.25. The zero-order valence-electron chi connectivity index (χ0n) is 9.72. The van der Waals surface area contributed by atoms with Crippen molar-refractivity contribution in [3.63, 3.8) is 0 Å². The fourth-order valence-corrected chi connectivity index (χ4v) is 1.14. The molecule has 0 aliphatic rings. The highest BCUT2D eigenvalue weighted by Crippen LogP contribution is 2.13. The van der Waals surface area contributed by atoms with Gasteiger partial charge in [-0.25, -0.2) is 8.78 Å². The van der Waals surface area contributed by atoms with Gasteiger partial charge in [0.05, 0.1) is 6.10 Å². The van der Waals surface area contributed by atoms with Crippen LogP contribution in [0, 0.1) is 11.6 Å². The summed E-state index contributed by atoms with van der Waals surface area (Å²) >= 11 is 0. The van der Waals surface area contributed by atoms with Crippen LogP contribution in [-0.4, -0.2) is 16.7 Å². The fraction of sp³-hybridized carbons (Fsp3) is 0.500. The summed E-state index contributed by atoms with van der Waals surface area (Å²) < 4.78 is 25.9. The average molecular weight is 229 g/mol. The minimum absolute atomic E-state index is 0.254. The standard InChI is InChI=1S/C12H17F2NO/c1-8(16)12(2,3)15-7-9-4-5-10(13)6-11(9)14/h4-6,8,15-16H,7H2,1-3H3. The lowest BCUT2D eigenvalue weighted by molar-refractivity contribution is 0.0954. The second kappa shape index (κ2) is 4.89. The summed E-state index contributed by atoms with van der Waals surface area (Å²) in [4.78, 5) is 0. The van der Waals surface area contributed by atoms with Crippen molar-refractivity contribution in [2.45, 2.75) is 39.0 Å². The highest BCUT2D eigenvalue weighted by Gasteiger charge is 2.23. The molecule has 1 rings (SSSR count). The zero-order chi connectivity index (χ0) is 12.3. The Kier molecular flexibility index (Phi) is 3.99. The Morgan fingerprint density at radius 3 is 2.50 bits per heavy atom. The molecule has 0 aromatic heterocycles. The van der Waals surface area contributed by atoms with Gasteiger partial charge in [0.25, 0.3) is 0 Å². The van der Waals surface area contributed by atoms with Crippen molar-refractivity contribution >= 4 is 0 Å². The van der Waals surface area contributed by atoms with Crippen molar-refractivity contribution in [2.24, 2.45) is 0 Å². The molecule has 0 aliphatic heterocycles. The van der Waals surface area contributed by atoms with E-state index in [0.717, 1.165) is 6.07 Å². The number of rotatable bonds is 4. The van der Waals surface area contributed by atoms with Crippen molar-refractivity contribution in [1.82, 2.24) is 5.32 Å². The quantitative estimate of drug-likeness (QED) is 0.829. The van der Waals surface area contributed by atoms with Crippen LogP contribution in [0.2, 0.25) is 0 Å². The first-order chi connectivity index (χ1) is 7.33. The molecule has 90 valence electrons. The Balaban J connectivity index is 2.68. The van der Waals surface area contributed by atoms with E-state index in [1.54, 1.807) is 6.92 Å². The van der Waals surface area contributed by atoms with Crippen LogP contribution in [0.15, 0.2) is 18.2 Å². The van der Waals surface area contributed by atoms with Gasteiger partial charge in [0.1, 0.15) is 11.6 Å². The highest BCUT2D eigenvalue weighted by molar-refractivity contribution is 5.18. The number of benzene rings is 1. The smallest absolute Gasteiger partial charge is 0.130 e. The molecule has 1 aromatic rings. The van der Waals surface area contributed by atoms with Crippen LogP contribution >= 0.6 is 0 Å². The van der Waals surface area contributed by atoms with Crippen LogP contribution in [0.3, 0.4) is 0 Å². The molecule has 1 unspecified atom stereocenters. The van der Waals surface area contributed by atoms with Gasteiger partial charge in [-0.15, -0.1) is 0 Å². The van der Waals surface area contributed by atoms with Crippen LogP contribution in [0.1, 0.15) is 26.3 Å². The van der Waals surface area contributed by atoms with E-state index in [2.05, 4.69) is 5.32 Å². The van der Waals surface area contributed by atoms with Gasteiger partial charge in [-0.05, 0) is 26.8 Å². The van der Waals surface area contributed by atoms with E-state index in [1.165, 1.54) is 12.1 Å². The minimum Gasteiger partial charge on any atom is -0.392 e. The molecule has 0 saturated carbocycles. The normalized spacial score (nSPS) is 13.9. The molecule has 2 N–H and O–H groups in total. The molecule has 16 heavy (non-hydrogen) atoms. The highest BCUT2D eigenvalue weighted by atomic mass is 19.1. The van der Waals surface area contributed by atoms with Gasteiger partial charge < -0.3 is 10.4 Å². The summed E-state index contributed by atoms with van der Waals surface area (Å²) in [5.74, 6) is -1.16. The van der Waals surface area contributed by atoms with E-state index >= 15 is 0 Å². The minimum atomic E-state index is -0.587. The summed E-state index contributed by atoms with van der Waals surface area (Å²) in [6, 6.07) is 3.47. The first-order valence-electron chi connectivity index (χ1n) is 5.20. The maximum absolute atomic E-state index is 13.3. The van der Waals surface area contributed by atoms with E-state index < -0.39 is 23.3 Å². The lowest BCUT2D eigenvalue weighted by Crippen LogP contribution is -2.47. The van der Waals surface area contributed by atoms with E-state index in [1.807, 2.05) is 13.8 Å². The largest absolute Gasteiger partial charge is 0.392 e. The Bertz CT molecular complexity index is 364. The summed E-state index contributed by atoms with van der Waals surface area (Å²) in [6.45, 7) is 5.55. The topological polar surface area (TPSA) is 32.3 Å². The van der Waals surface area contributed by atoms with Crippen molar-refractivity contribution in [2.75, 3.05) is 0 Å². The van der Waals surface area contributed by atoms with Gasteiger partial charge in [-0.3, -0.25) is 0 Å². The Morgan fingerprint density at radius 2 is 2.00 bits per heavy atom. The van der Waals surface area contributed by atoms with Gasteiger partial charge in [-0.1, -0.05) is 6.07 Å². The SMILES string of the molecule is CC(O)C(C)(C)NCc1ccc(F)cc1F. The zero-order valence-corrected chi connectivity index (χ0v) is 9.72.